The summed E-state index contributed by atoms with van der Waals surface area (Å²) in [6.07, 6.45) is 0. The fraction of sp³-hybridized carbons (Fsp3) is 0.583. The quantitative estimate of drug-likeness (QED) is 0.287. The van der Waals surface area contributed by atoms with E-state index in [9.17, 15) is 24.0 Å². The van der Waals surface area contributed by atoms with Crippen LogP contribution < -0.4 is 0 Å². The topological polar surface area (TPSA) is 173 Å². The van der Waals surface area contributed by atoms with Gasteiger partial charge in [-0.25, -0.2) is 0 Å². The van der Waals surface area contributed by atoms with Crippen LogP contribution in [0.2, 0.25) is 0 Å². The number of carbonyl (C=O) groups excluding carboxylic acids is 1. The summed E-state index contributed by atoms with van der Waals surface area (Å²) < 4.78 is 0. The van der Waals surface area contributed by atoms with E-state index < -0.39 is 55.3 Å². The van der Waals surface area contributed by atoms with Crippen LogP contribution in [-0.4, -0.2) is 98.7 Å². The SMILES string of the molecule is CC(=O)C(C(=O)O)N(CCN(CC(=O)O)CC(=O)O)CC(=O)O. The van der Waals surface area contributed by atoms with Crippen molar-refractivity contribution in [3.63, 3.8) is 0 Å². The molecular formula is C12H18N2O9. The minimum atomic E-state index is -1.71. The molecule has 0 aliphatic rings. The van der Waals surface area contributed by atoms with E-state index in [-0.39, 0.29) is 13.1 Å². The Bertz CT molecular complexity index is 461. The largest absolute Gasteiger partial charge is 0.480 e. The molecule has 0 aliphatic heterocycles. The second-order valence-corrected chi connectivity index (χ2v) is 4.71. The van der Waals surface area contributed by atoms with Crippen molar-refractivity contribution in [2.75, 3.05) is 32.7 Å². The van der Waals surface area contributed by atoms with E-state index in [1.165, 1.54) is 0 Å². The van der Waals surface area contributed by atoms with E-state index in [4.69, 9.17) is 20.4 Å². The Morgan fingerprint density at radius 2 is 1.22 bits per heavy atom. The van der Waals surface area contributed by atoms with Gasteiger partial charge in [-0.1, -0.05) is 0 Å². The molecule has 4 N–H and O–H groups in total. The van der Waals surface area contributed by atoms with Gasteiger partial charge in [-0.05, 0) is 6.92 Å². The molecule has 0 saturated heterocycles. The summed E-state index contributed by atoms with van der Waals surface area (Å²) in [4.78, 5) is 56.5. The van der Waals surface area contributed by atoms with Gasteiger partial charge in [-0.2, -0.15) is 0 Å². The van der Waals surface area contributed by atoms with E-state index in [0.29, 0.717) is 0 Å². The predicted octanol–water partition coefficient (Wildman–Crippen LogP) is -2.11. The molecule has 130 valence electrons. The van der Waals surface area contributed by atoms with Gasteiger partial charge in [0.2, 0.25) is 0 Å². The Morgan fingerprint density at radius 1 is 0.783 bits per heavy atom. The van der Waals surface area contributed by atoms with Crippen molar-refractivity contribution >= 4 is 29.7 Å². The number of Topliss-reactive ketones (excluding diaryl/α,β-unsaturated/α-hetero) is 1. The molecule has 0 amide bonds. The second kappa shape index (κ2) is 9.48. The summed E-state index contributed by atoms with van der Waals surface area (Å²) in [6, 6.07) is -1.71. The molecule has 0 bridgehead atoms. The van der Waals surface area contributed by atoms with Crippen molar-refractivity contribution in [3.8, 4) is 0 Å². The van der Waals surface area contributed by atoms with Crippen LogP contribution in [0.15, 0.2) is 0 Å². The third-order valence-corrected chi connectivity index (χ3v) is 2.74. The Labute approximate surface area is 130 Å². The highest BCUT2D eigenvalue weighted by Crippen LogP contribution is 2.03. The Hall–Kier alpha value is -2.53. The molecule has 0 radical (unpaired) electrons. The monoisotopic (exact) mass is 334 g/mol. The summed E-state index contributed by atoms with van der Waals surface area (Å²) in [5, 5.41) is 35.2. The first-order valence-corrected chi connectivity index (χ1v) is 6.39. The van der Waals surface area contributed by atoms with Gasteiger partial charge in [0.25, 0.3) is 0 Å². The fourth-order valence-electron chi connectivity index (χ4n) is 1.93. The number of carboxylic acid groups (broad SMARTS) is 4. The molecule has 0 heterocycles. The van der Waals surface area contributed by atoms with Crippen LogP contribution in [0, 0.1) is 0 Å². The van der Waals surface area contributed by atoms with Crippen LogP contribution in [0.3, 0.4) is 0 Å². The minimum absolute atomic E-state index is 0.233. The normalized spacial score (nSPS) is 12.1. The van der Waals surface area contributed by atoms with Crippen LogP contribution in [0.5, 0.6) is 0 Å². The molecule has 0 spiro atoms. The zero-order valence-corrected chi connectivity index (χ0v) is 12.3. The smallest absolute Gasteiger partial charge is 0.328 e. The molecule has 11 heteroatoms. The van der Waals surface area contributed by atoms with Gasteiger partial charge in [0, 0.05) is 13.1 Å². The first kappa shape index (κ1) is 20.5. The maximum absolute atomic E-state index is 11.4. The number of nitrogens with zero attached hydrogens (tertiary/aromatic N) is 2. The van der Waals surface area contributed by atoms with E-state index in [1.54, 1.807) is 0 Å². The van der Waals surface area contributed by atoms with E-state index in [2.05, 4.69) is 0 Å². The van der Waals surface area contributed by atoms with E-state index in [0.717, 1.165) is 16.7 Å². The van der Waals surface area contributed by atoms with Crippen molar-refractivity contribution < 1.29 is 44.4 Å². The van der Waals surface area contributed by atoms with Gasteiger partial charge in [-0.3, -0.25) is 33.8 Å². The molecule has 0 aliphatic carbocycles. The number of aliphatic carboxylic acids is 4. The maximum atomic E-state index is 11.4. The first-order chi connectivity index (χ1) is 10.5. The number of carbonyl (C=O) groups is 5. The highest BCUT2D eigenvalue weighted by atomic mass is 16.4. The van der Waals surface area contributed by atoms with Gasteiger partial charge in [-0.15, -0.1) is 0 Å². The summed E-state index contributed by atoms with van der Waals surface area (Å²) in [6.45, 7) is -1.55. The molecule has 0 rings (SSSR count). The molecular weight excluding hydrogens is 316 g/mol. The van der Waals surface area contributed by atoms with Crippen molar-refractivity contribution in [2.45, 2.75) is 13.0 Å². The molecule has 23 heavy (non-hydrogen) atoms. The number of ketones is 1. The third-order valence-electron chi connectivity index (χ3n) is 2.74. The van der Waals surface area contributed by atoms with E-state index >= 15 is 0 Å². The summed E-state index contributed by atoms with van der Waals surface area (Å²) in [5.41, 5.74) is 0. The number of hydrogen-bond acceptors (Lipinski definition) is 7. The van der Waals surface area contributed by atoms with E-state index in [1.807, 2.05) is 0 Å². The fourth-order valence-corrected chi connectivity index (χ4v) is 1.93. The molecule has 0 aromatic heterocycles. The summed E-state index contributed by atoms with van der Waals surface area (Å²) >= 11 is 0. The predicted molar refractivity (Wildman–Crippen MR) is 73.0 cm³/mol. The molecule has 1 unspecified atom stereocenters. The van der Waals surface area contributed by atoms with Gasteiger partial charge >= 0.3 is 23.9 Å². The van der Waals surface area contributed by atoms with Crippen LogP contribution >= 0.6 is 0 Å². The van der Waals surface area contributed by atoms with Gasteiger partial charge in [0.15, 0.2) is 11.8 Å². The molecule has 0 fully saturated rings. The number of hydrogen-bond donors (Lipinski definition) is 4. The highest BCUT2D eigenvalue weighted by molar-refractivity contribution is 6.01. The lowest BCUT2D eigenvalue weighted by atomic mass is 10.1. The van der Waals surface area contributed by atoms with Crippen molar-refractivity contribution in [1.29, 1.82) is 0 Å². The van der Waals surface area contributed by atoms with Crippen molar-refractivity contribution in [1.82, 2.24) is 9.80 Å². The summed E-state index contributed by atoms with van der Waals surface area (Å²) in [5.74, 6) is -6.29. The Balaban J connectivity index is 5.08. The van der Waals surface area contributed by atoms with Gasteiger partial charge in [0.1, 0.15) is 0 Å². The standard InChI is InChI=1S/C12H18N2O9/c1-7(15)11(12(22)23)14(6-10(20)21)3-2-13(4-8(16)17)5-9(18)19/h11H,2-6H2,1H3,(H,16,17)(H,18,19)(H,20,21)(H,22,23). The van der Waals surface area contributed by atoms with Crippen molar-refractivity contribution in [2.24, 2.45) is 0 Å². The van der Waals surface area contributed by atoms with Gasteiger partial charge in [0.05, 0.1) is 19.6 Å². The number of rotatable bonds is 12. The Morgan fingerprint density at radius 3 is 1.52 bits per heavy atom. The molecule has 0 aromatic carbocycles. The first-order valence-electron chi connectivity index (χ1n) is 6.39. The maximum Gasteiger partial charge on any atom is 0.328 e. The lowest BCUT2D eigenvalue weighted by Crippen LogP contribution is -2.51. The minimum Gasteiger partial charge on any atom is -0.480 e. The molecule has 11 nitrogen and oxygen atoms in total. The lowest BCUT2D eigenvalue weighted by Gasteiger charge is -2.28. The van der Waals surface area contributed by atoms with Gasteiger partial charge < -0.3 is 20.4 Å². The summed E-state index contributed by atoms with van der Waals surface area (Å²) in [7, 11) is 0. The van der Waals surface area contributed by atoms with Crippen LogP contribution in [-0.2, 0) is 24.0 Å². The van der Waals surface area contributed by atoms with Crippen LogP contribution in [0.4, 0.5) is 0 Å². The molecule has 0 saturated carbocycles. The average Bonchev–Trinajstić information content (AvgIpc) is 2.32. The van der Waals surface area contributed by atoms with Crippen molar-refractivity contribution in [3.05, 3.63) is 0 Å². The third kappa shape index (κ3) is 8.48. The zero-order chi connectivity index (χ0) is 18.2. The van der Waals surface area contributed by atoms with Crippen LogP contribution in [0.1, 0.15) is 6.92 Å². The van der Waals surface area contributed by atoms with Crippen LogP contribution in [0.25, 0.3) is 0 Å². The molecule has 1 atom stereocenters. The average molecular weight is 334 g/mol. The lowest BCUT2D eigenvalue weighted by molar-refractivity contribution is -0.151. The Kier molecular flexibility index (Phi) is 8.44. The highest BCUT2D eigenvalue weighted by Gasteiger charge is 2.31. The zero-order valence-electron chi connectivity index (χ0n) is 12.3. The molecule has 0 aromatic rings. The second-order valence-electron chi connectivity index (χ2n) is 4.71. The number of carboxylic acids is 4.